The zero-order chi connectivity index (χ0) is 16.8. The molecular formula is C15H17N3O5S. The summed E-state index contributed by atoms with van der Waals surface area (Å²) in [6, 6.07) is 5.41. The van der Waals surface area contributed by atoms with Crippen LogP contribution >= 0.6 is 11.8 Å². The molecule has 128 valence electrons. The van der Waals surface area contributed by atoms with Gasteiger partial charge in [0, 0.05) is 0 Å². The van der Waals surface area contributed by atoms with Crippen molar-refractivity contribution < 1.29 is 23.7 Å². The molecule has 0 spiro atoms. The molecule has 2 heterocycles. The van der Waals surface area contributed by atoms with Gasteiger partial charge in [-0.1, -0.05) is 11.8 Å². The first kappa shape index (κ1) is 16.7. The van der Waals surface area contributed by atoms with Crippen LogP contribution in [0.25, 0.3) is 0 Å². The summed E-state index contributed by atoms with van der Waals surface area (Å²) in [6.45, 7) is 1.43. The number of carbonyl (C=O) groups is 1. The molecule has 0 saturated carbocycles. The molecule has 0 aliphatic carbocycles. The SMILES string of the molecule is COc1ccc(C=NN=C2NC(=O)CS2)cc1OCC1OCCO1. The van der Waals surface area contributed by atoms with Crippen molar-refractivity contribution >= 4 is 29.1 Å². The molecule has 8 nitrogen and oxygen atoms in total. The predicted molar refractivity (Wildman–Crippen MR) is 89.8 cm³/mol. The van der Waals surface area contributed by atoms with Gasteiger partial charge in [0.15, 0.2) is 23.0 Å². The van der Waals surface area contributed by atoms with Gasteiger partial charge in [-0.3, -0.25) is 4.79 Å². The first-order chi connectivity index (χ1) is 11.7. The van der Waals surface area contributed by atoms with Gasteiger partial charge in [0.1, 0.15) is 6.61 Å². The highest BCUT2D eigenvalue weighted by atomic mass is 32.2. The molecule has 24 heavy (non-hydrogen) atoms. The second kappa shape index (κ2) is 8.13. The molecule has 1 aromatic rings. The maximum absolute atomic E-state index is 11.1. The van der Waals surface area contributed by atoms with E-state index >= 15 is 0 Å². The second-order valence-corrected chi connectivity index (χ2v) is 5.84. The van der Waals surface area contributed by atoms with Gasteiger partial charge < -0.3 is 24.3 Å². The number of rotatable bonds is 6. The zero-order valence-corrected chi connectivity index (χ0v) is 13.9. The van der Waals surface area contributed by atoms with Crippen LogP contribution in [-0.2, 0) is 14.3 Å². The topological polar surface area (TPSA) is 90.7 Å². The average molecular weight is 351 g/mol. The van der Waals surface area contributed by atoms with Crippen LogP contribution in [0.3, 0.4) is 0 Å². The monoisotopic (exact) mass is 351 g/mol. The van der Waals surface area contributed by atoms with Gasteiger partial charge in [0.05, 0.1) is 32.3 Å². The third-order valence-corrected chi connectivity index (χ3v) is 4.06. The molecule has 1 N–H and O–H groups in total. The molecule has 1 amide bonds. The molecule has 2 aliphatic heterocycles. The number of methoxy groups -OCH3 is 1. The number of amides is 1. The standard InChI is InChI=1S/C15H17N3O5S/c1-20-11-3-2-10(7-16-18-15-17-13(19)9-24-15)6-12(11)23-8-14-21-4-5-22-14/h2-3,6-7,14H,4-5,8-9H2,1H3,(H,17,18,19). The van der Waals surface area contributed by atoms with Crippen LogP contribution in [0.4, 0.5) is 0 Å². The van der Waals surface area contributed by atoms with Crippen LogP contribution in [0.15, 0.2) is 28.4 Å². The summed E-state index contributed by atoms with van der Waals surface area (Å²) in [7, 11) is 1.57. The van der Waals surface area contributed by atoms with E-state index in [-0.39, 0.29) is 18.8 Å². The Morgan fingerprint density at radius 1 is 1.38 bits per heavy atom. The Bertz CT molecular complexity index is 659. The Morgan fingerprint density at radius 3 is 2.92 bits per heavy atom. The Labute approximate surface area is 143 Å². The minimum Gasteiger partial charge on any atom is -0.493 e. The molecular weight excluding hydrogens is 334 g/mol. The van der Waals surface area contributed by atoms with E-state index < -0.39 is 0 Å². The Hall–Kier alpha value is -2.10. The van der Waals surface area contributed by atoms with Crippen LogP contribution < -0.4 is 14.8 Å². The van der Waals surface area contributed by atoms with Crippen molar-refractivity contribution in [1.29, 1.82) is 0 Å². The Kier molecular flexibility index (Phi) is 5.68. The first-order valence-electron chi connectivity index (χ1n) is 7.32. The van der Waals surface area contributed by atoms with Crippen LogP contribution in [-0.4, -0.2) is 56.3 Å². The van der Waals surface area contributed by atoms with Gasteiger partial charge in [-0.25, -0.2) is 0 Å². The fourth-order valence-electron chi connectivity index (χ4n) is 2.07. The summed E-state index contributed by atoms with van der Waals surface area (Å²) >= 11 is 1.32. The zero-order valence-electron chi connectivity index (χ0n) is 13.1. The van der Waals surface area contributed by atoms with E-state index in [1.165, 1.54) is 11.8 Å². The van der Waals surface area contributed by atoms with E-state index in [1.807, 2.05) is 6.07 Å². The van der Waals surface area contributed by atoms with E-state index in [4.69, 9.17) is 18.9 Å². The molecule has 1 aromatic carbocycles. The third kappa shape index (κ3) is 4.47. The highest BCUT2D eigenvalue weighted by Gasteiger charge is 2.18. The van der Waals surface area contributed by atoms with Gasteiger partial charge in [-0.15, -0.1) is 5.10 Å². The molecule has 0 bridgehead atoms. The van der Waals surface area contributed by atoms with Crippen LogP contribution in [0, 0.1) is 0 Å². The largest absolute Gasteiger partial charge is 0.493 e. The minimum atomic E-state index is -0.360. The summed E-state index contributed by atoms with van der Waals surface area (Å²) in [5, 5.41) is 11.0. The number of carbonyl (C=O) groups excluding carboxylic acids is 1. The van der Waals surface area contributed by atoms with E-state index in [2.05, 4.69) is 15.5 Å². The van der Waals surface area contributed by atoms with Crippen molar-refractivity contribution in [3.8, 4) is 11.5 Å². The van der Waals surface area contributed by atoms with Crippen LogP contribution in [0.1, 0.15) is 5.56 Å². The summed E-state index contributed by atoms with van der Waals surface area (Å²) in [4.78, 5) is 11.1. The highest BCUT2D eigenvalue weighted by Crippen LogP contribution is 2.28. The van der Waals surface area contributed by atoms with Crippen LogP contribution in [0.2, 0.25) is 0 Å². The molecule has 2 saturated heterocycles. The lowest BCUT2D eigenvalue weighted by molar-refractivity contribution is -0.116. The van der Waals surface area contributed by atoms with Gasteiger partial charge in [0.25, 0.3) is 0 Å². The van der Waals surface area contributed by atoms with E-state index in [1.54, 1.807) is 25.5 Å². The van der Waals surface area contributed by atoms with Crippen molar-refractivity contribution in [2.24, 2.45) is 10.2 Å². The molecule has 0 radical (unpaired) electrons. The summed E-state index contributed by atoms with van der Waals surface area (Å²) in [5.74, 6) is 1.48. The lowest BCUT2D eigenvalue weighted by atomic mass is 10.2. The van der Waals surface area contributed by atoms with Gasteiger partial charge in [-0.2, -0.15) is 5.10 Å². The number of hydrogen-bond acceptors (Lipinski definition) is 8. The lowest BCUT2D eigenvalue weighted by Crippen LogP contribution is -2.19. The molecule has 2 fully saturated rings. The second-order valence-electron chi connectivity index (χ2n) is 4.88. The smallest absolute Gasteiger partial charge is 0.236 e. The third-order valence-electron chi connectivity index (χ3n) is 3.20. The Morgan fingerprint density at radius 2 is 2.21 bits per heavy atom. The Balaban J connectivity index is 1.64. The highest BCUT2D eigenvalue weighted by molar-refractivity contribution is 8.15. The maximum atomic E-state index is 11.1. The molecule has 0 unspecified atom stereocenters. The number of hydrogen-bond donors (Lipinski definition) is 1. The van der Waals surface area contributed by atoms with Gasteiger partial charge in [0.2, 0.25) is 5.91 Å². The minimum absolute atomic E-state index is 0.0644. The number of thioether (sulfide) groups is 1. The van der Waals surface area contributed by atoms with E-state index in [9.17, 15) is 4.79 Å². The first-order valence-corrected chi connectivity index (χ1v) is 8.31. The predicted octanol–water partition coefficient (Wildman–Crippen LogP) is 1.000. The lowest BCUT2D eigenvalue weighted by Gasteiger charge is -2.14. The molecule has 0 aromatic heterocycles. The summed E-state index contributed by atoms with van der Waals surface area (Å²) in [6.07, 6.45) is 1.22. The number of ether oxygens (including phenoxy) is 4. The molecule has 2 aliphatic rings. The van der Waals surface area contributed by atoms with Crippen molar-refractivity contribution in [2.75, 3.05) is 32.7 Å². The fourth-order valence-corrected chi connectivity index (χ4v) is 2.71. The van der Waals surface area contributed by atoms with Crippen molar-refractivity contribution in [2.45, 2.75) is 6.29 Å². The van der Waals surface area contributed by atoms with Gasteiger partial charge in [-0.05, 0) is 23.8 Å². The fraction of sp³-hybridized carbons (Fsp3) is 0.400. The van der Waals surface area contributed by atoms with E-state index in [0.29, 0.717) is 35.6 Å². The molecule has 9 heteroatoms. The quantitative estimate of drug-likeness (QED) is 0.607. The number of nitrogens with one attached hydrogen (secondary N) is 1. The number of amidine groups is 1. The number of benzene rings is 1. The molecule has 0 atom stereocenters. The average Bonchev–Trinajstić information content (AvgIpc) is 3.25. The van der Waals surface area contributed by atoms with Crippen LogP contribution in [0.5, 0.6) is 11.5 Å². The van der Waals surface area contributed by atoms with Crippen molar-refractivity contribution in [3.63, 3.8) is 0 Å². The normalized spacial score (nSPS) is 20.0. The molecule has 3 rings (SSSR count). The van der Waals surface area contributed by atoms with E-state index in [0.717, 1.165) is 5.56 Å². The van der Waals surface area contributed by atoms with Gasteiger partial charge >= 0.3 is 0 Å². The summed E-state index contributed by atoms with van der Waals surface area (Å²) in [5.41, 5.74) is 0.790. The van der Waals surface area contributed by atoms with Crippen molar-refractivity contribution in [3.05, 3.63) is 23.8 Å². The van der Waals surface area contributed by atoms with Crippen molar-refractivity contribution in [1.82, 2.24) is 5.32 Å². The summed E-state index contributed by atoms with van der Waals surface area (Å²) < 4.78 is 21.7. The maximum Gasteiger partial charge on any atom is 0.236 e. The number of nitrogens with zero attached hydrogens (tertiary/aromatic N) is 2.